The zero-order valence-electron chi connectivity index (χ0n) is 22.6. The zero-order chi connectivity index (χ0) is 26.9. The molecule has 2 bridgehead atoms. The van der Waals surface area contributed by atoms with Gasteiger partial charge in [0.15, 0.2) is 0 Å². The van der Waals surface area contributed by atoms with E-state index >= 15 is 0 Å². The van der Waals surface area contributed by atoms with Crippen LogP contribution in [-0.2, 0) is 19.1 Å². The van der Waals surface area contributed by atoms with Gasteiger partial charge in [-0.25, -0.2) is 0 Å². The number of amides is 2. The van der Waals surface area contributed by atoms with Gasteiger partial charge in [0.1, 0.15) is 6.04 Å². The Kier molecular flexibility index (Phi) is 8.43. The van der Waals surface area contributed by atoms with Gasteiger partial charge in [0.2, 0.25) is 11.8 Å². The van der Waals surface area contributed by atoms with Crippen molar-refractivity contribution in [3.8, 4) is 0 Å². The molecule has 8 nitrogen and oxygen atoms in total. The molecule has 3 fully saturated rings. The van der Waals surface area contributed by atoms with Crippen LogP contribution in [0.1, 0.15) is 53.9 Å². The number of esters is 1. The largest absolute Gasteiger partial charge is 0.466 e. The summed E-state index contributed by atoms with van der Waals surface area (Å²) in [6, 6.07) is 6.49. The first-order valence-electron chi connectivity index (χ1n) is 13.7. The van der Waals surface area contributed by atoms with E-state index in [1.807, 2.05) is 38.1 Å². The Balaban J connectivity index is 1.69. The van der Waals surface area contributed by atoms with Crippen LogP contribution in [0.25, 0.3) is 0 Å². The highest BCUT2D eigenvalue weighted by Gasteiger charge is 2.74. The molecule has 1 spiro atoms. The zero-order valence-corrected chi connectivity index (χ0v) is 23.4. The second-order valence-electron chi connectivity index (χ2n) is 10.4. The lowest BCUT2D eigenvalue weighted by atomic mass is 9.71. The topological polar surface area (TPSA) is 99.2 Å². The fourth-order valence-corrected chi connectivity index (χ4v) is 8.82. The predicted octanol–water partition coefficient (Wildman–Crippen LogP) is 3.53. The lowest BCUT2D eigenvalue weighted by molar-refractivity contribution is -0.154. The minimum Gasteiger partial charge on any atom is -0.466 e. The molecule has 0 radical (unpaired) electrons. The summed E-state index contributed by atoms with van der Waals surface area (Å²) >= 11 is 1.61. The molecule has 7 atom stereocenters. The fourth-order valence-electron chi connectivity index (χ4n) is 6.62. The van der Waals surface area contributed by atoms with Gasteiger partial charge in [-0.15, -0.1) is 11.8 Å². The highest BCUT2D eigenvalue weighted by Crippen LogP contribution is 2.67. The standard InChI is InChI=1S/C28H41N3O5S/c1-6-17(5)20(16-32)31-24(25(33)29-18-10-12-19(13-11-18)30(7-2)8-3)28-15-14-21(37-28)22(23(28)26(31)34)27(35)36-9-4/h10-13,17,20-24,32H,6-9,14-16H2,1-5H3,(H,29,33)/t17-,20-,21-,22+,23-,24?,28?/m0/s1. The summed E-state index contributed by atoms with van der Waals surface area (Å²) in [4.78, 5) is 45.0. The Morgan fingerprint density at radius 2 is 1.89 bits per heavy atom. The molecule has 1 aromatic carbocycles. The molecule has 0 aromatic heterocycles. The van der Waals surface area contributed by atoms with Crippen molar-refractivity contribution in [3.05, 3.63) is 24.3 Å². The number of hydrogen-bond acceptors (Lipinski definition) is 7. The number of nitrogens with one attached hydrogen (secondary N) is 1. The molecule has 37 heavy (non-hydrogen) atoms. The number of carbonyl (C=O) groups excluding carboxylic acids is 3. The third kappa shape index (κ3) is 4.62. The van der Waals surface area contributed by atoms with Gasteiger partial charge >= 0.3 is 5.97 Å². The number of aliphatic hydroxyl groups excluding tert-OH is 1. The number of anilines is 2. The second kappa shape index (κ2) is 11.2. The SMILES string of the molecule is CCOC(=O)[C@@H]1[C@@H]2CCC3(S2)C(C(=O)Nc2ccc(N(CC)CC)cc2)N([C@@H](CO)[C@@H](C)CC)C(=O)[C@H]13. The maximum atomic E-state index is 14.1. The van der Waals surface area contributed by atoms with E-state index in [0.717, 1.165) is 31.6 Å². The molecule has 3 heterocycles. The van der Waals surface area contributed by atoms with Crippen molar-refractivity contribution in [1.82, 2.24) is 4.90 Å². The van der Waals surface area contributed by atoms with Gasteiger partial charge < -0.3 is 25.0 Å². The summed E-state index contributed by atoms with van der Waals surface area (Å²) in [7, 11) is 0. The van der Waals surface area contributed by atoms with Gasteiger partial charge in [0, 0.05) is 29.7 Å². The predicted molar refractivity (Wildman–Crippen MR) is 147 cm³/mol. The van der Waals surface area contributed by atoms with Crippen LogP contribution in [0, 0.1) is 17.8 Å². The first kappa shape index (κ1) is 27.8. The number of thioether (sulfide) groups is 1. The summed E-state index contributed by atoms with van der Waals surface area (Å²) in [5.41, 5.74) is 1.75. The Morgan fingerprint density at radius 3 is 2.46 bits per heavy atom. The highest BCUT2D eigenvalue weighted by molar-refractivity contribution is 8.02. The third-order valence-corrected chi connectivity index (χ3v) is 10.6. The van der Waals surface area contributed by atoms with Gasteiger partial charge in [-0.1, -0.05) is 20.3 Å². The summed E-state index contributed by atoms with van der Waals surface area (Å²) in [5.74, 6) is -1.99. The molecule has 2 unspecified atom stereocenters. The second-order valence-corrected chi connectivity index (χ2v) is 12.0. The molecule has 2 N–H and O–H groups in total. The number of aliphatic hydroxyl groups is 1. The van der Waals surface area contributed by atoms with E-state index in [2.05, 4.69) is 24.1 Å². The average Bonchev–Trinajstić information content (AvgIpc) is 3.54. The average molecular weight is 532 g/mol. The number of benzene rings is 1. The molecule has 4 rings (SSSR count). The van der Waals surface area contributed by atoms with Crippen LogP contribution in [0.2, 0.25) is 0 Å². The van der Waals surface area contributed by atoms with Crippen LogP contribution in [0.5, 0.6) is 0 Å². The Morgan fingerprint density at radius 1 is 1.22 bits per heavy atom. The molecule has 204 valence electrons. The van der Waals surface area contributed by atoms with E-state index in [0.29, 0.717) is 12.1 Å². The third-order valence-electron chi connectivity index (χ3n) is 8.65. The van der Waals surface area contributed by atoms with Crippen molar-refractivity contribution < 1.29 is 24.2 Å². The molecule has 0 saturated carbocycles. The van der Waals surface area contributed by atoms with E-state index in [1.54, 1.807) is 23.6 Å². The molecular formula is C28H41N3O5S. The summed E-state index contributed by atoms with van der Waals surface area (Å²) in [6.07, 6.45) is 2.20. The van der Waals surface area contributed by atoms with E-state index in [1.165, 1.54) is 0 Å². The van der Waals surface area contributed by atoms with Crippen LogP contribution < -0.4 is 10.2 Å². The number of likely N-dealkylation sites (tertiary alicyclic amines) is 1. The number of fused-ring (bicyclic) bond motifs is 1. The normalized spacial score (nSPS) is 29.7. The van der Waals surface area contributed by atoms with E-state index < -0.39 is 28.7 Å². The van der Waals surface area contributed by atoms with Crippen molar-refractivity contribution in [2.45, 2.75) is 76.0 Å². The molecule has 9 heteroatoms. The summed E-state index contributed by atoms with van der Waals surface area (Å²) in [6.45, 7) is 11.8. The van der Waals surface area contributed by atoms with Gasteiger partial charge in [-0.2, -0.15) is 0 Å². The molecule has 2 amide bonds. The van der Waals surface area contributed by atoms with Gasteiger partial charge in [-0.05, 0) is 63.8 Å². The first-order valence-corrected chi connectivity index (χ1v) is 14.6. The molecule has 1 aromatic rings. The van der Waals surface area contributed by atoms with Gasteiger partial charge in [0.05, 0.1) is 35.8 Å². The van der Waals surface area contributed by atoms with Gasteiger partial charge in [-0.3, -0.25) is 14.4 Å². The van der Waals surface area contributed by atoms with Gasteiger partial charge in [0.25, 0.3) is 0 Å². The molecule has 3 aliphatic rings. The number of nitrogens with zero attached hydrogens (tertiary/aromatic N) is 2. The Labute approximate surface area is 224 Å². The van der Waals surface area contributed by atoms with Crippen LogP contribution >= 0.6 is 11.8 Å². The maximum absolute atomic E-state index is 14.1. The lowest BCUT2D eigenvalue weighted by Gasteiger charge is -2.39. The maximum Gasteiger partial charge on any atom is 0.310 e. The Bertz CT molecular complexity index is 1000. The van der Waals surface area contributed by atoms with Crippen LogP contribution in [0.4, 0.5) is 11.4 Å². The van der Waals surface area contributed by atoms with Crippen molar-refractivity contribution in [2.75, 3.05) is 36.5 Å². The van der Waals surface area contributed by atoms with Crippen molar-refractivity contribution in [3.63, 3.8) is 0 Å². The fraction of sp³-hybridized carbons (Fsp3) is 0.679. The highest BCUT2D eigenvalue weighted by atomic mass is 32.2. The molecule has 3 aliphatic heterocycles. The first-order chi connectivity index (χ1) is 17.8. The Hall–Kier alpha value is -2.26. The molecule has 3 saturated heterocycles. The smallest absolute Gasteiger partial charge is 0.310 e. The number of hydrogen-bond donors (Lipinski definition) is 2. The van der Waals surface area contributed by atoms with Crippen LogP contribution in [-0.4, -0.2) is 76.2 Å². The molecule has 0 aliphatic carbocycles. The van der Waals surface area contributed by atoms with Crippen LogP contribution in [0.3, 0.4) is 0 Å². The monoisotopic (exact) mass is 531 g/mol. The minimum atomic E-state index is -0.770. The van der Waals surface area contributed by atoms with Crippen molar-refractivity contribution in [1.29, 1.82) is 0 Å². The quantitative estimate of drug-likeness (QED) is 0.422. The van der Waals surface area contributed by atoms with E-state index in [-0.39, 0.29) is 42.2 Å². The summed E-state index contributed by atoms with van der Waals surface area (Å²) in [5, 5.41) is 13.4. The van der Waals surface area contributed by atoms with E-state index in [4.69, 9.17) is 4.74 Å². The lowest BCUT2D eigenvalue weighted by Crippen LogP contribution is -2.56. The van der Waals surface area contributed by atoms with Crippen LogP contribution in [0.15, 0.2) is 24.3 Å². The molecular weight excluding hydrogens is 490 g/mol. The minimum absolute atomic E-state index is 0.00364. The number of carbonyl (C=O) groups is 3. The van der Waals surface area contributed by atoms with Crippen molar-refractivity contribution in [2.24, 2.45) is 17.8 Å². The number of ether oxygens (including phenoxy) is 1. The van der Waals surface area contributed by atoms with Crippen molar-refractivity contribution >= 4 is 40.9 Å². The number of rotatable bonds is 11. The summed E-state index contributed by atoms with van der Waals surface area (Å²) < 4.78 is 4.68. The van der Waals surface area contributed by atoms with E-state index in [9.17, 15) is 19.5 Å².